The quantitative estimate of drug-likeness (QED) is 0.753. The maximum Gasteiger partial charge on any atom is 0.276 e. The molecule has 0 saturated carbocycles. The zero-order valence-corrected chi connectivity index (χ0v) is 13.4. The molecular formula is C15H22N4O4. The number of carbonyl (C=O) groups excluding carboxylic acids is 2. The van der Waals surface area contributed by atoms with Crippen LogP contribution in [-0.2, 0) is 9.53 Å². The van der Waals surface area contributed by atoms with Gasteiger partial charge in [-0.25, -0.2) is 0 Å². The summed E-state index contributed by atoms with van der Waals surface area (Å²) in [6.45, 7) is 7.32. The Bertz CT molecular complexity index is 560. The molecule has 0 radical (unpaired) electrons. The molecule has 2 saturated heterocycles. The van der Waals surface area contributed by atoms with Crippen LogP contribution in [0.4, 0.5) is 0 Å². The summed E-state index contributed by atoms with van der Waals surface area (Å²) in [6.07, 6.45) is 0. The third kappa shape index (κ3) is 3.89. The van der Waals surface area contributed by atoms with E-state index >= 15 is 0 Å². The largest absolute Gasteiger partial charge is 0.378 e. The van der Waals surface area contributed by atoms with Gasteiger partial charge in [-0.1, -0.05) is 5.16 Å². The van der Waals surface area contributed by atoms with Crippen LogP contribution < -0.4 is 0 Å². The lowest BCUT2D eigenvalue weighted by Crippen LogP contribution is -2.52. The molecule has 126 valence electrons. The summed E-state index contributed by atoms with van der Waals surface area (Å²) in [5.74, 6) is 0.657. The zero-order valence-electron chi connectivity index (χ0n) is 13.4. The van der Waals surface area contributed by atoms with Crippen molar-refractivity contribution in [2.75, 3.05) is 59.0 Å². The molecule has 1 aromatic rings. The molecule has 0 aliphatic carbocycles. The topological polar surface area (TPSA) is 79.1 Å². The number of piperazine rings is 1. The highest BCUT2D eigenvalue weighted by Crippen LogP contribution is 2.10. The van der Waals surface area contributed by atoms with E-state index in [1.54, 1.807) is 17.9 Å². The molecule has 0 unspecified atom stereocenters. The van der Waals surface area contributed by atoms with Gasteiger partial charge in [-0.05, 0) is 6.92 Å². The highest BCUT2D eigenvalue weighted by atomic mass is 16.5. The van der Waals surface area contributed by atoms with Gasteiger partial charge in [0.05, 0.1) is 19.8 Å². The Balaban J connectivity index is 1.46. The number of hydrogen-bond acceptors (Lipinski definition) is 6. The van der Waals surface area contributed by atoms with E-state index < -0.39 is 0 Å². The Morgan fingerprint density at radius 2 is 1.78 bits per heavy atom. The molecule has 2 amide bonds. The minimum atomic E-state index is -0.110. The van der Waals surface area contributed by atoms with E-state index in [9.17, 15) is 9.59 Å². The minimum Gasteiger partial charge on any atom is -0.378 e. The normalized spacial score (nSPS) is 19.9. The van der Waals surface area contributed by atoms with E-state index in [1.165, 1.54) is 0 Å². The zero-order chi connectivity index (χ0) is 16.2. The summed E-state index contributed by atoms with van der Waals surface area (Å²) in [5.41, 5.74) is 0.348. The Kier molecular flexibility index (Phi) is 4.92. The minimum absolute atomic E-state index is 0.110. The van der Waals surface area contributed by atoms with Gasteiger partial charge in [-0.2, -0.15) is 0 Å². The summed E-state index contributed by atoms with van der Waals surface area (Å²) < 4.78 is 10.2. The molecule has 23 heavy (non-hydrogen) atoms. The van der Waals surface area contributed by atoms with Crippen LogP contribution in [0.5, 0.6) is 0 Å². The number of hydrogen-bond donors (Lipinski definition) is 0. The molecule has 0 spiro atoms. The van der Waals surface area contributed by atoms with Crippen molar-refractivity contribution in [2.24, 2.45) is 0 Å². The van der Waals surface area contributed by atoms with Crippen LogP contribution in [0.2, 0.25) is 0 Å². The fourth-order valence-electron chi connectivity index (χ4n) is 2.84. The molecule has 0 bridgehead atoms. The van der Waals surface area contributed by atoms with Crippen LogP contribution >= 0.6 is 0 Å². The van der Waals surface area contributed by atoms with Gasteiger partial charge in [0, 0.05) is 45.3 Å². The van der Waals surface area contributed by atoms with Crippen LogP contribution in [0.3, 0.4) is 0 Å². The van der Waals surface area contributed by atoms with E-state index in [4.69, 9.17) is 9.26 Å². The van der Waals surface area contributed by atoms with Gasteiger partial charge in [0.15, 0.2) is 5.69 Å². The molecule has 2 aliphatic heterocycles. The number of ether oxygens (including phenoxy) is 1. The second kappa shape index (κ2) is 7.10. The Morgan fingerprint density at radius 1 is 1.09 bits per heavy atom. The molecule has 3 rings (SSSR count). The number of amides is 2. The highest BCUT2D eigenvalue weighted by molar-refractivity contribution is 5.92. The molecule has 1 aromatic heterocycles. The van der Waals surface area contributed by atoms with Crippen LogP contribution in [0.25, 0.3) is 0 Å². The smallest absolute Gasteiger partial charge is 0.276 e. The van der Waals surface area contributed by atoms with E-state index in [0.717, 1.165) is 0 Å². The van der Waals surface area contributed by atoms with E-state index in [1.807, 2.05) is 4.90 Å². The fourth-order valence-corrected chi connectivity index (χ4v) is 2.84. The maximum atomic E-state index is 12.3. The average molecular weight is 322 g/mol. The summed E-state index contributed by atoms with van der Waals surface area (Å²) >= 11 is 0. The van der Waals surface area contributed by atoms with Crippen LogP contribution in [0, 0.1) is 6.92 Å². The van der Waals surface area contributed by atoms with Crippen molar-refractivity contribution >= 4 is 11.8 Å². The summed E-state index contributed by atoms with van der Waals surface area (Å²) in [7, 11) is 0. The van der Waals surface area contributed by atoms with E-state index in [0.29, 0.717) is 70.5 Å². The van der Waals surface area contributed by atoms with E-state index in [2.05, 4.69) is 10.1 Å². The molecule has 3 heterocycles. The first-order valence-electron chi connectivity index (χ1n) is 7.94. The first-order valence-corrected chi connectivity index (χ1v) is 7.94. The van der Waals surface area contributed by atoms with Crippen molar-refractivity contribution in [2.45, 2.75) is 6.92 Å². The predicted octanol–water partition coefficient (Wildman–Crippen LogP) is -0.400. The lowest BCUT2D eigenvalue weighted by atomic mass is 10.2. The van der Waals surface area contributed by atoms with Gasteiger partial charge in [-0.15, -0.1) is 0 Å². The second-order valence-electron chi connectivity index (χ2n) is 5.88. The predicted molar refractivity (Wildman–Crippen MR) is 81.0 cm³/mol. The van der Waals surface area contributed by atoms with Crippen molar-refractivity contribution in [3.8, 4) is 0 Å². The average Bonchev–Trinajstić information content (AvgIpc) is 3.02. The van der Waals surface area contributed by atoms with Crippen molar-refractivity contribution in [1.29, 1.82) is 0 Å². The molecular weight excluding hydrogens is 300 g/mol. The van der Waals surface area contributed by atoms with Crippen LogP contribution in [0.1, 0.15) is 16.2 Å². The van der Waals surface area contributed by atoms with Gasteiger partial charge in [0.2, 0.25) is 5.91 Å². The number of nitrogens with zero attached hydrogens (tertiary/aromatic N) is 4. The molecule has 0 atom stereocenters. The second-order valence-corrected chi connectivity index (χ2v) is 5.88. The van der Waals surface area contributed by atoms with Gasteiger partial charge in [0.1, 0.15) is 5.76 Å². The summed E-state index contributed by atoms with van der Waals surface area (Å²) in [6, 6.07) is 1.65. The standard InChI is InChI=1S/C15H22N4O4/c1-12-10-13(16-23-12)15(21)19-4-2-17(3-5-19)11-14(20)18-6-8-22-9-7-18/h10H,2-9,11H2,1H3. The van der Waals surface area contributed by atoms with Crippen molar-refractivity contribution in [3.05, 3.63) is 17.5 Å². The number of aryl methyl sites for hydroxylation is 1. The van der Waals surface area contributed by atoms with Crippen molar-refractivity contribution in [3.63, 3.8) is 0 Å². The third-order valence-electron chi connectivity index (χ3n) is 4.23. The molecule has 0 N–H and O–H groups in total. The first kappa shape index (κ1) is 15.9. The maximum absolute atomic E-state index is 12.3. The molecule has 8 heteroatoms. The number of rotatable bonds is 3. The Hall–Kier alpha value is -1.93. The summed E-state index contributed by atoms with van der Waals surface area (Å²) in [4.78, 5) is 30.2. The number of morpholine rings is 1. The molecule has 2 fully saturated rings. The number of carbonyl (C=O) groups is 2. The Morgan fingerprint density at radius 3 is 2.39 bits per heavy atom. The van der Waals surface area contributed by atoms with Crippen molar-refractivity contribution < 1.29 is 18.8 Å². The van der Waals surface area contributed by atoms with Gasteiger partial charge >= 0.3 is 0 Å². The Labute approximate surface area is 134 Å². The lowest BCUT2D eigenvalue weighted by Gasteiger charge is -2.35. The monoisotopic (exact) mass is 322 g/mol. The number of aromatic nitrogens is 1. The van der Waals surface area contributed by atoms with Crippen molar-refractivity contribution in [1.82, 2.24) is 19.9 Å². The fraction of sp³-hybridized carbons (Fsp3) is 0.667. The van der Waals surface area contributed by atoms with Crippen LogP contribution in [-0.4, -0.2) is 90.7 Å². The third-order valence-corrected chi connectivity index (χ3v) is 4.23. The van der Waals surface area contributed by atoms with Gasteiger partial charge < -0.3 is 19.1 Å². The highest BCUT2D eigenvalue weighted by Gasteiger charge is 2.26. The van der Waals surface area contributed by atoms with Crippen LogP contribution in [0.15, 0.2) is 10.6 Å². The molecule has 2 aliphatic rings. The molecule has 8 nitrogen and oxygen atoms in total. The summed E-state index contributed by atoms with van der Waals surface area (Å²) in [5, 5.41) is 3.77. The molecule has 0 aromatic carbocycles. The lowest BCUT2D eigenvalue weighted by molar-refractivity contribution is -0.136. The van der Waals surface area contributed by atoms with Gasteiger partial charge in [0.25, 0.3) is 5.91 Å². The SMILES string of the molecule is Cc1cc(C(=O)N2CCN(CC(=O)N3CCOCC3)CC2)no1. The first-order chi connectivity index (χ1) is 11.1. The van der Waals surface area contributed by atoms with E-state index in [-0.39, 0.29) is 11.8 Å². The van der Waals surface area contributed by atoms with Gasteiger partial charge in [-0.3, -0.25) is 14.5 Å².